The number of nitro groups is 1. The van der Waals surface area contributed by atoms with Crippen LogP contribution in [-0.4, -0.2) is 34.6 Å². The number of rotatable bonds is 5. The summed E-state index contributed by atoms with van der Waals surface area (Å²) in [4.78, 5) is 21.4. The second kappa shape index (κ2) is 6.30. The van der Waals surface area contributed by atoms with Crippen molar-refractivity contribution in [3.8, 4) is 0 Å². The van der Waals surface area contributed by atoms with Gasteiger partial charge in [-0.1, -0.05) is 18.2 Å². The number of halogens is 3. The van der Waals surface area contributed by atoms with Crippen molar-refractivity contribution in [2.24, 2.45) is 0 Å². The van der Waals surface area contributed by atoms with Gasteiger partial charge in [0.2, 0.25) is 5.91 Å². The van der Waals surface area contributed by atoms with E-state index in [-0.39, 0.29) is 37.1 Å². The predicted molar refractivity (Wildman–Crippen MR) is 70.7 cm³/mol. The van der Waals surface area contributed by atoms with Crippen molar-refractivity contribution in [1.29, 1.82) is 0 Å². The zero-order chi connectivity index (χ0) is 16.3. The van der Waals surface area contributed by atoms with E-state index in [1.165, 1.54) is 18.2 Å². The minimum atomic E-state index is -4.53. The first-order chi connectivity index (χ1) is 10.3. The van der Waals surface area contributed by atoms with Gasteiger partial charge < -0.3 is 0 Å². The molecule has 0 radical (unpaired) electrons. The smallest absolute Gasteiger partial charge is 0.288 e. The lowest BCUT2D eigenvalue weighted by Gasteiger charge is -2.28. The highest BCUT2D eigenvalue weighted by atomic mass is 19.4. The standard InChI is InChI=1S/C13H14F3N3O3/c14-13(15,16)11(18-8-7-12(20)17-18)6-5-9-3-1-2-4-10(9)19(21)22/h1-4,11H,5-8H2,(H,17,20)/t11-/m0/s1. The number of alkyl halides is 3. The maximum Gasteiger partial charge on any atom is 0.405 e. The quantitative estimate of drug-likeness (QED) is 0.667. The van der Waals surface area contributed by atoms with Gasteiger partial charge in [0.1, 0.15) is 6.04 Å². The number of nitro benzene ring substituents is 1. The Labute approximate surface area is 124 Å². The number of aryl methyl sites for hydroxylation is 1. The minimum absolute atomic E-state index is 0.0120. The molecule has 0 aliphatic carbocycles. The Hall–Kier alpha value is -2.16. The van der Waals surface area contributed by atoms with Crippen LogP contribution in [0, 0.1) is 10.1 Å². The molecule has 1 aliphatic rings. The van der Waals surface area contributed by atoms with Crippen LogP contribution in [0.5, 0.6) is 0 Å². The van der Waals surface area contributed by atoms with E-state index < -0.39 is 23.0 Å². The predicted octanol–water partition coefficient (Wildman–Crippen LogP) is 2.20. The second-order valence-corrected chi connectivity index (χ2v) is 4.96. The van der Waals surface area contributed by atoms with Crippen LogP contribution in [0.4, 0.5) is 18.9 Å². The molecule has 1 saturated heterocycles. The van der Waals surface area contributed by atoms with Gasteiger partial charge in [-0.2, -0.15) is 13.2 Å². The van der Waals surface area contributed by atoms with Crippen molar-refractivity contribution in [3.63, 3.8) is 0 Å². The van der Waals surface area contributed by atoms with Crippen molar-refractivity contribution < 1.29 is 22.9 Å². The molecule has 120 valence electrons. The van der Waals surface area contributed by atoms with Crippen LogP contribution in [0.2, 0.25) is 0 Å². The van der Waals surface area contributed by atoms with Gasteiger partial charge >= 0.3 is 6.18 Å². The average Bonchev–Trinajstić information content (AvgIpc) is 2.84. The molecule has 0 spiro atoms. The number of nitrogens with zero attached hydrogens (tertiary/aromatic N) is 2. The van der Waals surface area contributed by atoms with Crippen LogP contribution in [0.15, 0.2) is 24.3 Å². The van der Waals surface area contributed by atoms with E-state index in [1.54, 1.807) is 6.07 Å². The lowest BCUT2D eigenvalue weighted by molar-refractivity contribution is -0.385. The third kappa shape index (κ3) is 3.73. The number of carbonyl (C=O) groups is 1. The summed E-state index contributed by atoms with van der Waals surface area (Å²) in [5.74, 6) is -0.458. The van der Waals surface area contributed by atoms with E-state index >= 15 is 0 Å². The van der Waals surface area contributed by atoms with Crippen molar-refractivity contribution >= 4 is 11.6 Å². The number of nitrogens with one attached hydrogen (secondary N) is 1. The third-order valence-electron chi connectivity index (χ3n) is 3.48. The zero-order valence-corrected chi connectivity index (χ0v) is 11.5. The van der Waals surface area contributed by atoms with E-state index in [9.17, 15) is 28.1 Å². The molecule has 1 aromatic carbocycles. The van der Waals surface area contributed by atoms with E-state index in [0.717, 1.165) is 5.01 Å². The summed E-state index contributed by atoms with van der Waals surface area (Å²) in [5.41, 5.74) is 2.22. The molecule has 1 aliphatic heterocycles. The van der Waals surface area contributed by atoms with Gasteiger partial charge in [0.05, 0.1) is 4.92 Å². The summed E-state index contributed by atoms with van der Waals surface area (Å²) in [7, 11) is 0. The number of hydrazine groups is 1. The maximum atomic E-state index is 13.1. The molecule has 1 atom stereocenters. The first-order valence-electron chi connectivity index (χ1n) is 6.64. The average molecular weight is 317 g/mol. The fourth-order valence-electron chi connectivity index (χ4n) is 2.42. The number of para-hydroxylation sites is 1. The van der Waals surface area contributed by atoms with E-state index in [0.29, 0.717) is 0 Å². The zero-order valence-electron chi connectivity index (χ0n) is 11.5. The number of carbonyl (C=O) groups excluding carboxylic acids is 1. The summed E-state index contributed by atoms with van der Waals surface area (Å²) >= 11 is 0. The first-order valence-corrected chi connectivity index (χ1v) is 6.64. The Morgan fingerprint density at radius 2 is 2.05 bits per heavy atom. The van der Waals surface area contributed by atoms with Crippen molar-refractivity contribution in [2.75, 3.05) is 6.54 Å². The molecule has 6 nitrogen and oxygen atoms in total. The Morgan fingerprint density at radius 1 is 1.36 bits per heavy atom. The van der Waals surface area contributed by atoms with E-state index in [1.807, 2.05) is 0 Å². The summed E-state index contributed by atoms with van der Waals surface area (Å²) in [6.07, 6.45) is -4.98. The molecule has 2 rings (SSSR count). The van der Waals surface area contributed by atoms with Gasteiger partial charge in [0.25, 0.3) is 5.69 Å². The van der Waals surface area contributed by atoms with Gasteiger partial charge in [-0.05, 0) is 12.8 Å². The van der Waals surface area contributed by atoms with Gasteiger partial charge in [0.15, 0.2) is 0 Å². The van der Waals surface area contributed by atoms with Crippen LogP contribution in [-0.2, 0) is 11.2 Å². The van der Waals surface area contributed by atoms with Crippen LogP contribution in [0.3, 0.4) is 0 Å². The molecule has 1 aromatic rings. The third-order valence-corrected chi connectivity index (χ3v) is 3.48. The monoisotopic (exact) mass is 317 g/mol. The largest absolute Gasteiger partial charge is 0.405 e. The van der Waals surface area contributed by atoms with Crippen LogP contribution in [0.1, 0.15) is 18.4 Å². The van der Waals surface area contributed by atoms with Crippen LogP contribution >= 0.6 is 0 Å². The molecule has 9 heteroatoms. The minimum Gasteiger partial charge on any atom is -0.288 e. The Morgan fingerprint density at radius 3 is 2.59 bits per heavy atom. The van der Waals surface area contributed by atoms with Crippen LogP contribution in [0.25, 0.3) is 0 Å². The van der Waals surface area contributed by atoms with Crippen molar-refractivity contribution in [1.82, 2.24) is 10.4 Å². The number of hydrogen-bond donors (Lipinski definition) is 1. The topological polar surface area (TPSA) is 75.5 Å². The van der Waals surface area contributed by atoms with Gasteiger partial charge in [-0.25, -0.2) is 5.01 Å². The molecule has 0 unspecified atom stereocenters. The summed E-state index contributed by atoms with van der Waals surface area (Å²) in [5, 5.41) is 11.7. The Bertz CT molecular complexity index is 577. The molecule has 22 heavy (non-hydrogen) atoms. The lowest BCUT2D eigenvalue weighted by Crippen LogP contribution is -2.50. The summed E-state index contributed by atoms with van der Waals surface area (Å²) in [6, 6.07) is 3.84. The fourth-order valence-corrected chi connectivity index (χ4v) is 2.42. The number of amides is 1. The van der Waals surface area contributed by atoms with Crippen molar-refractivity contribution in [3.05, 3.63) is 39.9 Å². The highest BCUT2D eigenvalue weighted by molar-refractivity contribution is 5.77. The number of hydrogen-bond acceptors (Lipinski definition) is 4. The highest BCUT2D eigenvalue weighted by Gasteiger charge is 2.45. The van der Waals surface area contributed by atoms with E-state index in [2.05, 4.69) is 5.43 Å². The molecule has 0 saturated carbocycles. The molecule has 1 amide bonds. The molecular weight excluding hydrogens is 303 g/mol. The van der Waals surface area contributed by atoms with Crippen LogP contribution < -0.4 is 5.43 Å². The first kappa shape index (κ1) is 16.2. The summed E-state index contributed by atoms with van der Waals surface area (Å²) < 4.78 is 39.4. The Kier molecular flexibility index (Phi) is 4.65. The van der Waals surface area contributed by atoms with Gasteiger partial charge in [-0.15, -0.1) is 0 Å². The van der Waals surface area contributed by atoms with E-state index in [4.69, 9.17) is 0 Å². The fraction of sp³-hybridized carbons (Fsp3) is 0.462. The van der Waals surface area contributed by atoms with Gasteiger partial charge in [-0.3, -0.25) is 20.3 Å². The second-order valence-electron chi connectivity index (χ2n) is 4.96. The highest BCUT2D eigenvalue weighted by Crippen LogP contribution is 2.30. The SMILES string of the molecule is O=C1CCN([C@@H](CCc2ccccc2[N+](=O)[O-])C(F)(F)F)N1. The maximum absolute atomic E-state index is 13.1. The number of benzene rings is 1. The lowest BCUT2D eigenvalue weighted by atomic mass is 10.0. The molecule has 0 bridgehead atoms. The molecular formula is C13H14F3N3O3. The molecule has 1 N–H and O–H groups in total. The molecule has 0 aromatic heterocycles. The van der Waals surface area contributed by atoms with Gasteiger partial charge in [0, 0.05) is 24.6 Å². The molecule has 1 fully saturated rings. The van der Waals surface area contributed by atoms with Crippen molar-refractivity contribution in [2.45, 2.75) is 31.5 Å². The normalized spacial score (nSPS) is 17.3. The Balaban J connectivity index is 2.12. The summed E-state index contributed by atoms with van der Waals surface area (Å²) in [6.45, 7) is -0.0279. The molecule has 1 heterocycles.